The minimum Gasteiger partial charge on any atom is -0.494 e. The molecule has 0 aliphatic carbocycles. The number of hydrogen-bond acceptors (Lipinski definition) is 11. The Balaban J connectivity index is 1.46. The third-order valence-corrected chi connectivity index (χ3v) is 9.09. The molecule has 42 heavy (non-hydrogen) atoms. The van der Waals surface area contributed by atoms with Crippen molar-refractivity contribution in [3.63, 3.8) is 0 Å². The van der Waals surface area contributed by atoms with Gasteiger partial charge in [-0.25, -0.2) is 4.98 Å². The predicted octanol–water partition coefficient (Wildman–Crippen LogP) is 6.49. The van der Waals surface area contributed by atoms with Crippen molar-refractivity contribution in [3.05, 3.63) is 52.9 Å². The Kier molecular flexibility index (Phi) is 9.54. The summed E-state index contributed by atoms with van der Waals surface area (Å²) in [4.78, 5) is 23.3. The Hall–Kier alpha value is -3.35. The molecule has 0 saturated carbocycles. The SMILES string of the molecule is CCc1cc(Nc2ncc(Br)c(Nc3ccc4nccnc4c3N(CC)SC)n2)c(OC)cc1N1CCC(N(C)C)C1. The molecule has 2 aromatic carbocycles. The Morgan fingerprint density at radius 2 is 1.90 bits per heavy atom. The summed E-state index contributed by atoms with van der Waals surface area (Å²) >= 11 is 5.28. The van der Waals surface area contributed by atoms with Gasteiger partial charge in [0.2, 0.25) is 5.95 Å². The molecule has 3 heterocycles. The zero-order valence-corrected chi connectivity index (χ0v) is 27.4. The van der Waals surface area contributed by atoms with E-state index in [-0.39, 0.29) is 0 Å². The first-order valence-electron chi connectivity index (χ1n) is 14.1. The minimum atomic E-state index is 0.460. The summed E-state index contributed by atoms with van der Waals surface area (Å²) in [7, 11) is 6.01. The number of nitrogens with one attached hydrogen (secondary N) is 2. The molecule has 0 bridgehead atoms. The first kappa shape index (κ1) is 30.1. The maximum absolute atomic E-state index is 5.85. The van der Waals surface area contributed by atoms with Crippen molar-refractivity contribution in [2.75, 3.05) is 66.9 Å². The van der Waals surface area contributed by atoms with E-state index in [9.17, 15) is 0 Å². The smallest absolute Gasteiger partial charge is 0.229 e. The number of benzene rings is 2. The van der Waals surface area contributed by atoms with Crippen LogP contribution >= 0.6 is 27.9 Å². The van der Waals surface area contributed by atoms with Crippen molar-refractivity contribution >= 4 is 73.4 Å². The van der Waals surface area contributed by atoms with Gasteiger partial charge in [0.05, 0.1) is 34.2 Å². The van der Waals surface area contributed by atoms with Crippen molar-refractivity contribution in [1.82, 2.24) is 24.8 Å². The van der Waals surface area contributed by atoms with E-state index in [1.165, 1.54) is 11.3 Å². The Morgan fingerprint density at radius 3 is 2.60 bits per heavy atom. The molecule has 1 atom stereocenters. The monoisotopic (exact) mass is 651 g/mol. The van der Waals surface area contributed by atoms with Crippen LogP contribution < -0.4 is 24.6 Å². The van der Waals surface area contributed by atoms with Gasteiger partial charge in [-0.05, 0) is 73.6 Å². The van der Waals surface area contributed by atoms with E-state index < -0.39 is 0 Å². The fourth-order valence-electron chi connectivity index (χ4n) is 5.36. The van der Waals surface area contributed by atoms with Crippen LogP contribution in [0, 0.1) is 0 Å². The minimum absolute atomic E-state index is 0.460. The topological polar surface area (TPSA) is 94.6 Å². The van der Waals surface area contributed by atoms with Crippen LogP contribution in [0.5, 0.6) is 5.75 Å². The number of methoxy groups -OCH3 is 1. The molecule has 12 heteroatoms. The number of hydrogen-bond donors (Lipinski definition) is 2. The first-order valence-corrected chi connectivity index (χ1v) is 16.1. The van der Waals surface area contributed by atoms with Crippen molar-refractivity contribution in [2.24, 2.45) is 0 Å². The Morgan fingerprint density at radius 1 is 1.10 bits per heavy atom. The molecule has 5 rings (SSSR count). The van der Waals surface area contributed by atoms with Gasteiger partial charge in [0.15, 0.2) is 0 Å². The summed E-state index contributed by atoms with van der Waals surface area (Å²) in [5.41, 5.74) is 6.81. The second-order valence-electron chi connectivity index (χ2n) is 10.3. The van der Waals surface area contributed by atoms with Gasteiger partial charge >= 0.3 is 0 Å². The van der Waals surface area contributed by atoms with Gasteiger partial charge in [-0.1, -0.05) is 18.9 Å². The summed E-state index contributed by atoms with van der Waals surface area (Å²) in [6.45, 7) is 7.14. The number of fused-ring (bicyclic) bond motifs is 1. The molecule has 1 aliphatic rings. The molecule has 0 radical (unpaired) electrons. The molecule has 2 N–H and O–H groups in total. The van der Waals surface area contributed by atoms with Gasteiger partial charge in [-0.3, -0.25) is 9.97 Å². The average Bonchev–Trinajstić information content (AvgIpc) is 3.50. The van der Waals surface area contributed by atoms with Crippen LogP contribution in [-0.4, -0.2) is 78.0 Å². The van der Waals surface area contributed by atoms with E-state index in [0.717, 1.165) is 70.8 Å². The second kappa shape index (κ2) is 13.3. The van der Waals surface area contributed by atoms with Crippen molar-refractivity contribution in [3.8, 4) is 5.75 Å². The molecule has 1 fully saturated rings. The second-order valence-corrected chi connectivity index (χ2v) is 12.0. The molecular weight excluding hydrogens is 614 g/mol. The summed E-state index contributed by atoms with van der Waals surface area (Å²) in [6, 6.07) is 8.84. The number of halogens is 1. The lowest BCUT2D eigenvalue weighted by molar-refractivity contribution is 0.315. The highest BCUT2D eigenvalue weighted by molar-refractivity contribution is 9.10. The van der Waals surface area contributed by atoms with Crippen LogP contribution in [0.1, 0.15) is 25.8 Å². The van der Waals surface area contributed by atoms with Gasteiger partial charge < -0.3 is 29.5 Å². The molecule has 0 spiro atoms. The fourth-order valence-corrected chi connectivity index (χ4v) is 6.27. The number of aromatic nitrogens is 4. The molecule has 1 unspecified atom stereocenters. The number of rotatable bonds is 11. The third-order valence-electron chi connectivity index (χ3n) is 7.63. The van der Waals surface area contributed by atoms with Gasteiger partial charge in [0.25, 0.3) is 0 Å². The summed E-state index contributed by atoms with van der Waals surface area (Å²) < 4.78 is 8.78. The summed E-state index contributed by atoms with van der Waals surface area (Å²) in [6.07, 6.45) is 9.29. The van der Waals surface area contributed by atoms with E-state index in [0.29, 0.717) is 17.8 Å². The molecule has 2 aromatic heterocycles. The first-order chi connectivity index (χ1) is 20.4. The normalized spacial score (nSPS) is 15.0. The largest absolute Gasteiger partial charge is 0.494 e. The molecule has 1 saturated heterocycles. The van der Waals surface area contributed by atoms with Crippen LogP contribution in [0.15, 0.2) is 47.3 Å². The molecule has 0 amide bonds. The quantitative estimate of drug-likeness (QED) is 0.174. The van der Waals surface area contributed by atoms with Crippen molar-refractivity contribution in [1.29, 1.82) is 0 Å². The maximum Gasteiger partial charge on any atom is 0.229 e. The standard InChI is InChI=1S/C30H38BrN9OS/c1-7-19-15-24(26(41-5)16-25(19)39-14-11-20(18-39)38(3)4)36-30-34-17-21(31)29(37-30)35-23-10-9-22-27(33-13-12-32-22)28(23)40(8-2)42-6/h9-10,12-13,15-17,20H,7-8,11,14,18H2,1-6H3,(H2,34,35,36,37). The highest BCUT2D eigenvalue weighted by Crippen LogP contribution is 2.39. The van der Waals surface area contributed by atoms with Crippen molar-refractivity contribution < 1.29 is 4.74 Å². The average molecular weight is 653 g/mol. The molecule has 10 nitrogen and oxygen atoms in total. The zero-order chi connectivity index (χ0) is 29.8. The summed E-state index contributed by atoms with van der Waals surface area (Å²) in [5, 5.41) is 6.93. The van der Waals surface area contributed by atoms with Crippen LogP contribution in [0.4, 0.5) is 34.5 Å². The van der Waals surface area contributed by atoms with E-state index >= 15 is 0 Å². The molecule has 222 valence electrons. The van der Waals surface area contributed by atoms with Crippen LogP contribution in [0.2, 0.25) is 0 Å². The fraction of sp³-hybridized carbons (Fsp3) is 0.400. The van der Waals surface area contributed by atoms with Gasteiger partial charge in [-0.15, -0.1) is 0 Å². The summed E-state index contributed by atoms with van der Waals surface area (Å²) in [5.74, 6) is 1.85. The molecular formula is C30H38BrN9OS. The number of aryl methyl sites for hydroxylation is 1. The van der Waals surface area contributed by atoms with E-state index in [4.69, 9.17) is 9.72 Å². The van der Waals surface area contributed by atoms with Crippen LogP contribution in [0.25, 0.3) is 11.0 Å². The number of nitrogens with zero attached hydrogens (tertiary/aromatic N) is 7. The van der Waals surface area contributed by atoms with Gasteiger partial charge in [-0.2, -0.15) is 4.98 Å². The highest BCUT2D eigenvalue weighted by Gasteiger charge is 2.26. The van der Waals surface area contributed by atoms with Crippen LogP contribution in [-0.2, 0) is 6.42 Å². The number of likely N-dealkylation sites (N-methyl/N-ethyl adjacent to an activating group) is 1. The predicted molar refractivity (Wildman–Crippen MR) is 179 cm³/mol. The van der Waals surface area contributed by atoms with Crippen LogP contribution in [0.3, 0.4) is 0 Å². The lowest BCUT2D eigenvalue weighted by Crippen LogP contribution is -2.31. The lowest BCUT2D eigenvalue weighted by Gasteiger charge is -2.25. The zero-order valence-electron chi connectivity index (χ0n) is 25.0. The number of ether oxygens (including phenoxy) is 1. The van der Waals surface area contributed by atoms with Gasteiger partial charge in [0.1, 0.15) is 17.1 Å². The van der Waals surface area contributed by atoms with E-state index in [1.54, 1.807) is 37.6 Å². The maximum atomic E-state index is 5.85. The van der Waals surface area contributed by atoms with Gasteiger partial charge in [0, 0.05) is 62.3 Å². The highest BCUT2D eigenvalue weighted by atomic mass is 79.9. The lowest BCUT2D eigenvalue weighted by atomic mass is 10.1. The Labute approximate surface area is 260 Å². The Bertz CT molecular complexity index is 1550. The molecule has 4 aromatic rings. The van der Waals surface area contributed by atoms with E-state index in [1.807, 2.05) is 12.1 Å². The van der Waals surface area contributed by atoms with E-state index in [2.05, 4.69) is 102 Å². The molecule has 1 aliphatic heterocycles. The van der Waals surface area contributed by atoms with Crippen molar-refractivity contribution in [2.45, 2.75) is 32.7 Å². The third kappa shape index (κ3) is 6.20. The number of anilines is 6.